The van der Waals surface area contributed by atoms with Gasteiger partial charge in [0.05, 0.1) is 18.8 Å². The summed E-state index contributed by atoms with van der Waals surface area (Å²) in [7, 11) is 0. The van der Waals surface area contributed by atoms with Gasteiger partial charge in [-0.3, -0.25) is 4.79 Å². The smallest absolute Gasteiger partial charge is 0.320 e. The largest absolute Gasteiger partial charge is 0.493 e. The quantitative estimate of drug-likeness (QED) is 0.871. The van der Waals surface area contributed by atoms with E-state index >= 15 is 0 Å². The van der Waals surface area contributed by atoms with Crippen LogP contribution in [0.25, 0.3) is 0 Å². The summed E-state index contributed by atoms with van der Waals surface area (Å²) < 4.78 is 11.4. The van der Waals surface area contributed by atoms with E-state index in [1.54, 1.807) is 0 Å². The molecule has 4 rings (SSSR count). The van der Waals surface area contributed by atoms with Gasteiger partial charge in [-0.05, 0) is 37.3 Å². The lowest BCUT2D eigenvalue weighted by Crippen LogP contribution is -2.62. The second-order valence-electron chi connectivity index (χ2n) is 7.60. The molecule has 3 heterocycles. The van der Waals surface area contributed by atoms with Crippen molar-refractivity contribution < 1.29 is 19.1 Å². The van der Waals surface area contributed by atoms with Gasteiger partial charge in [-0.25, -0.2) is 4.79 Å². The highest BCUT2D eigenvalue weighted by Crippen LogP contribution is 2.23. The molecule has 0 aliphatic carbocycles. The predicted molar refractivity (Wildman–Crippen MR) is 99.5 cm³/mol. The molecule has 2 unspecified atom stereocenters. The minimum Gasteiger partial charge on any atom is -0.493 e. The molecule has 1 aromatic rings. The minimum absolute atomic E-state index is 0.0348. The van der Waals surface area contributed by atoms with Crippen molar-refractivity contribution in [2.24, 2.45) is 5.92 Å². The Balaban J connectivity index is 1.23. The number of urea groups is 1. The van der Waals surface area contributed by atoms with Crippen molar-refractivity contribution >= 4 is 11.9 Å². The summed E-state index contributed by atoms with van der Waals surface area (Å²) in [6.45, 7) is 3.57. The van der Waals surface area contributed by atoms with E-state index in [1.807, 2.05) is 40.1 Å². The molecule has 3 amide bonds. The Hall–Kier alpha value is -2.28. The number of para-hydroxylation sites is 1. The molecule has 1 N–H and O–H groups in total. The molecule has 3 aliphatic heterocycles. The van der Waals surface area contributed by atoms with Gasteiger partial charge in [-0.1, -0.05) is 18.2 Å². The zero-order valence-electron chi connectivity index (χ0n) is 15.5. The maximum absolute atomic E-state index is 12.9. The van der Waals surface area contributed by atoms with Gasteiger partial charge in [0.2, 0.25) is 5.91 Å². The Morgan fingerprint density at radius 1 is 1.11 bits per heavy atom. The third-order valence-electron chi connectivity index (χ3n) is 5.71. The van der Waals surface area contributed by atoms with Crippen LogP contribution in [0.4, 0.5) is 4.79 Å². The highest BCUT2D eigenvalue weighted by atomic mass is 16.5. The number of benzene rings is 1. The molecular weight excluding hydrogens is 346 g/mol. The third-order valence-corrected chi connectivity index (χ3v) is 5.71. The normalized spacial score (nSPS) is 26.3. The van der Waals surface area contributed by atoms with Crippen LogP contribution in [0.5, 0.6) is 5.75 Å². The molecular formula is C20H27N3O4. The summed E-state index contributed by atoms with van der Waals surface area (Å²) in [5, 5.41) is 2.95. The minimum atomic E-state index is -0.0928. The van der Waals surface area contributed by atoms with Crippen LogP contribution in [0.2, 0.25) is 0 Å². The first-order valence-corrected chi connectivity index (χ1v) is 9.82. The first-order valence-electron chi connectivity index (χ1n) is 9.82. The lowest BCUT2D eigenvalue weighted by atomic mass is 9.97. The molecule has 0 aromatic heterocycles. The molecule has 0 radical (unpaired) electrons. The number of nitrogens with zero attached hydrogens (tertiary/aromatic N) is 2. The maximum atomic E-state index is 12.9. The average Bonchev–Trinajstić information content (AvgIpc) is 2.72. The van der Waals surface area contributed by atoms with Crippen LogP contribution in [-0.4, -0.2) is 73.3 Å². The van der Waals surface area contributed by atoms with Crippen molar-refractivity contribution in [2.75, 3.05) is 39.4 Å². The van der Waals surface area contributed by atoms with E-state index in [4.69, 9.17) is 9.47 Å². The van der Waals surface area contributed by atoms with E-state index < -0.39 is 0 Å². The van der Waals surface area contributed by atoms with Gasteiger partial charge < -0.3 is 24.6 Å². The summed E-state index contributed by atoms with van der Waals surface area (Å²) in [5.41, 5.74) is 0. The zero-order valence-corrected chi connectivity index (χ0v) is 15.5. The number of hydrogen-bond acceptors (Lipinski definition) is 4. The van der Waals surface area contributed by atoms with Gasteiger partial charge in [-0.2, -0.15) is 0 Å². The Morgan fingerprint density at radius 2 is 1.85 bits per heavy atom. The van der Waals surface area contributed by atoms with Crippen molar-refractivity contribution in [1.82, 2.24) is 15.1 Å². The van der Waals surface area contributed by atoms with Crippen LogP contribution in [0.15, 0.2) is 30.3 Å². The Kier molecular flexibility index (Phi) is 5.48. The average molecular weight is 373 g/mol. The van der Waals surface area contributed by atoms with Crippen LogP contribution in [0.3, 0.4) is 0 Å². The van der Waals surface area contributed by atoms with Gasteiger partial charge in [0.15, 0.2) is 0 Å². The van der Waals surface area contributed by atoms with Gasteiger partial charge in [0, 0.05) is 26.2 Å². The number of ether oxygens (including phenoxy) is 2. The molecule has 0 saturated carbocycles. The number of carbonyl (C=O) groups excluding carboxylic acids is 2. The van der Waals surface area contributed by atoms with E-state index in [9.17, 15) is 9.59 Å². The number of fused-ring (bicyclic) bond motifs is 1. The highest BCUT2D eigenvalue weighted by molar-refractivity contribution is 5.79. The number of amides is 3. The van der Waals surface area contributed by atoms with Crippen molar-refractivity contribution in [3.8, 4) is 5.75 Å². The van der Waals surface area contributed by atoms with Crippen molar-refractivity contribution in [1.29, 1.82) is 0 Å². The van der Waals surface area contributed by atoms with E-state index in [1.165, 1.54) is 0 Å². The molecule has 3 fully saturated rings. The summed E-state index contributed by atoms with van der Waals surface area (Å²) >= 11 is 0. The number of piperidine rings is 2. The van der Waals surface area contributed by atoms with Crippen LogP contribution in [0, 0.1) is 5.92 Å². The number of morpholine rings is 1. The van der Waals surface area contributed by atoms with Crippen LogP contribution >= 0.6 is 0 Å². The van der Waals surface area contributed by atoms with Crippen LogP contribution < -0.4 is 10.1 Å². The molecule has 0 bridgehead atoms. The van der Waals surface area contributed by atoms with Crippen LogP contribution in [-0.2, 0) is 9.53 Å². The second-order valence-corrected chi connectivity index (χ2v) is 7.60. The second kappa shape index (κ2) is 8.17. The van der Waals surface area contributed by atoms with Crippen molar-refractivity contribution in [3.63, 3.8) is 0 Å². The summed E-state index contributed by atoms with van der Waals surface area (Å²) in [6, 6.07) is 9.85. The molecule has 3 aliphatic rings. The van der Waals surface area contributed by atoms with Crippen molar-refractivity contribution in [2.45, 2.75) is 31.4 Å². The maximum Gasteiger partial charge on any atom is 0.320 e. The molecule has 146 valence electrons. The molecule has 7 nitrogen and oxygen atoms in total. The summed E-state index contributed by atoms with van der Waals surface area (Å²) in [6.07, 6.45) is 2.72. The molecule has 3 saturated heterocycles. The standard InChI is InChI=1S/C20H27N3O4/c24-19-14-27-18-8-11-23(12-17(18)21-19)20(25)22-9-6-15(7-10-22)13-26-16-4-2-1-3-5-16/h1-5,15,17-18H,6-14H2,(H,21,24). The SMILES string of the molecule is O=C1COC2CCN(C(=O)N3CCC(COc4ccccc4)CC3)CC2N1. The summed E-state index contributed by atoms with van der Waals surface area (Å²) in [5.74, 6) is 1.28. The molecule has 27 heavy (non-hydrogen) atoms. The fourth-order valence-electron chi connectivity index (χ4n) is 4.10. The lowest BCUT2D eigenvalue weighted by Gasteiger charge is -2.43. The summed E-state index contributed by atoms with van der Waals surface area (Å²) in [4.78, 5) is 28.2. The first-order chi connectivity index (χ1) is 13.2. The molecule has 1 aromatic carbocycles. The van der Waals surface area contributed by atoms with Crippen LogP contribution in [0.1, 0.15) is 19.3 Å². The van der Waals surface area contributed by atoms with Gasteiger partial charge >= 0.3 is 6.03 Å². The number of rotatable bonds is 3. The number of hydrogen-bond donors (Lipinski definition) is 1. The van der Waals surface area contributed by atoms with Gasteiger partial charge in [0.25, 0.3) is 0 Å². The Labute approximate surface area is 159 Å². The zero-order chi connectivity index (χ0) is 18.6. The molecule has 0 spiro atoms. The van der Waals surface area contributed by atoms with Gasteiger partial charge in [0.1, 0.15) is 12.4 Å². The van der Waals surface area contributed by atoms with E-state index in [0.717, 1.165) is 38.1 Å². The van der Waals surface area contributed by atoms with E-state index in [2.05, 4.69) is 5.32 Å². The third kappa shape index (κ3) is 4.35. The Morgan fingerprint density at radius 3 is 2.63 bits per heavy atom. The molecule has 2 atom stereocenters. The number of carbonyl (C=O) groups is 2. The first kappa shape index (κ1) is 18.1. The Bertz CT molecular complexity index is 660. The number of likely N-dealkylation sites (tertiary alicyclic amines) is 2. The molecule has 7 heteroatoms. The topological polar surface area (TPSA) is 71.1 Å². The van der Waals surface area contributed by atoms with Crippen molar-refractivity contribution in [3.05, 3.63) is 30.3 Å². The number of nitrogens with one attached hydrogen (secondary N) is 1. The predicted octanol–water partition coefficient (Wildman–Crippen LogP) is 1.49. The monoisotopic (exact) mass is 373 g/mol. The van der Waals surface area contributed by atoms with Gasteiger partial charge in [-0.15, -0.1) is 0 Å². The lowest BCUT2D eigenvalue weighted by molar-refractivity contribution is -0.139. The fourth-order valence-corrected chi connectivity index (χ4v) is 4.10. The highest BCUT2D eigenvalue weighted by Gasteiger charge is 2.37. The van der Waals surface area contributed by atoms with E-state index in [0.29, 0.717) is 25.6 Å². The van der Waals surface area contributed by atoms with E-state index in [-0.39, 0.29) is 30.7 Å². The fraction of sp³-hybridized carbons (Fsp3) is 0.600.